The Morgan fingerprint density at radius 1 is 1.07 bits per heavy atom. The molecule has 0 radical (unpaired) electrons. The first-order valence-corrected chi connectivity index (χ1v) is 9.53. The number of halogens is 1. The predicted octanol–water partition coefficient (Wildman–Crippen LogP) is 4.63. The van der Waals surface area contributed by atoms with Crippen LogP contribution in [0.1, 0.15) is 16.1 Å². The Hall–Kier alpha value is -3.58. The summed E-state index contributed by atoms with van der Waals surface area (Å²) in [6, 6.07) is 12.7. The molecule has 0 unspecified atom stereocenters. The van der Waals surface area contributed by atoms with Crippen molar-refractivity contribution < 1.29 is 14.3 Å². The number of ether oxygens (including phenoxy) is 2. The van der Waals surface area contributed by atoms with E-state index in [0.717, 1.165) is 11.1 Å². The Balaban J connectivity index is 1.72. The summed E-state index contributed by atoms with van der Waals surface area (Å²) in [7, 11) is 3.18. The van der Waals surface area contributed by atoms with Gasteiger partial charge < -0.3 is 14.8 Å². The number of rotatable bonds is 5. The van der Waals surface area contributed by atoms with Gasteiger partial charge in [0.25, 0.3) is 5.91 Å². The number of para-hydroxylation sites is 1. The fourth-order valence-electron chi connectivity index (χ4n) is 3.23. The van der Waals surface area contributed by atoms with Crippen molar-refractivity contribution in [2.24, 2.45) is 0 Å². The van der Waals surface area contributed by atoms with Crippen LogP contribution in [-0.4, -0.2) is 34.7 Å². The monoisotopic (exact) mass is 422 g/mol. The number of carbonyl (C=O) groups excluding carboxylic acids is 1. The van der Waals surface area contributed by atoms with Gasteiger partial charge in [-0.15, -0.1) is 0 Å². The van der Waals surface area contributed by atoms with E-state index in [2.05, 4.69) is 15.4 Å². The zero-order chi connectivity index (χ0) is 21.3. The first-order valence-electron chi connectivity index (χ1n) is 9.15. The van der Waals surface area contributed by atoms with Gasteiger partial charge in [0, 0.05) is 11.8 Å². The molecule has 0 fully saturated rings. The van der Waals surface area contributed by atoms with Crippen LogP contribution in [0.3, 0.4) is 0 Å². The van der Waals surface area contributed by atoms with Crippen LogP contribution in [0.2, 0.25) is 5.02 Å². The number of hydrogen-bond acceptors (Lipinski definition) is 5. The summed E-state index contributed by atoms with van der Waals surface area (Å²) in [5.41, 5.74) is 3.93. The molecule has 30 heavy (non-hydrogen) atoms. The maximum atomic E-state index is 12.8. The van der Waals surface area contributed by atoms with Gasteiger partial charge in [0.15, 0.2) is 17.1 Å². The van der Waals surface area contributed by atoms with Gasteiger partial charge in [-0.1, -0.05) is 29.8 Å². The summed E-state index contributed by atoms with van der Waals surface area (Å²) in [5.74, 6) is 0.945. The van der Waals surface area contributed by atoms with Crippen LogP contribution in [0.15, 0.2) is 54.9 Å². The smallest absolute Gasteiger partial charge is 0.259 e. The highest BCUT2D eigenvalue weighted by Gasteiger charge is 2.18. The molecular weight excluding hydrogens is 404 g/mol. The maximum absolute atomic E-state index is 12.8. The van der Waals surface area contributed by atoms with Crippen molar-refractivity contribution in [2.45, 2.75) is 6.92 Å². The zero-order valence-corrected chi connectivity index (χ0v) is 17.4. The standard InChI is InChI=1S/C22H19ClN4O3/c1-13-15(22(28)26-18-7-5-4-6-17(18)23)11-24-21-16(12-25-27(13)21)14-8-9-19(29-2)20(10-14)30-3/h4-12H,1-3H3,(H,26,28). The second-order valence-corrected chi connectivity index (χ2v) is 6.96. The quantitative estimate of drug-likeness (QED) is 0.507. The van der Waals surface area contributed by atoms with Crippen LogP contribution in [0.4, 0.5) is 5.69 Å². The lowest BCUT2D eigenvalue weighted by Crippen LogP contribution is -2.16. The summed E-state index contributed by atoms with van der Waals surface area (Å²) in [6.07, 6.45) is 3.26. The number of nitrogens with one attached hydrogen (secondary N) is 1. The maximum Gasteiger partial charge on any atom is 0.259 e. The number of aryl methyl sites for hydroxylation is 1. The second kappa shape index (κ2) is 8.04. The second-order valence-electron chi connectivity index (χ2n) is 6.55. The summed E-state index contributed by atoms with van der Waals surface area (Å²) in [4.78, 5) is 17.3. The molecule has 0 saturated carbocycles. The molecule has 0 saturated heterocycles. The van der Waals surface area contributed by atoms with Crippen LogP contribution in [0.5, 0.6) is 11.5 Å². The van der Waals surface area contributed by atoms with E-state index in [1.165, 1.54) is 0 Å². The number of anilines is 1. The van der Waals surface area contributed by atoms with Crippen molar-refractivity contribution in [3.63, 3.8) is 0 Å². The first-order chi connectivity index (χ1) is 14.5. The number of aromatic nitrogens is 3. The Bertz CT molecular complexity index is 1250. The molecule has 8 heteroatoms. The average molecular weight is 423 g/mol. The van der Waals surface area contributed by atoms with Crippen LogP contribution >= 0.6 is 11.6 Å². The molecule has 0 aliphatic rings. The van der Waals surface area contributed by atoms with E-state index < -0.39 is 0 Å². The SMILES string of the molecule is COc1ccc(-c2cnn3c(C)c(C(=O)Nc4ccccc4Cl)cnc23)cc1OC. The lowest BCUT2D eigenvalue weighted by atomic mass is 10.1. The molecule has 4 rings (SSSR count). The Morgan fingerprint density at radius 2 is 1.83 bits per heavy atom. The molecule has 1 N–H and O–H groups in total. The van der Waals surface area contributed by atoms with Crippen LogP contribution < -0.4 is 14.8 Å². The molecule has 152 valence electrons. The lowest BCUT2D eigenvalue weighted by Gasteiger charge is -2.11. The minimum atomic E-state index is -0.307. The van der Waals surface area contributed by atoms with E-state index in [1.54, 1.807) is 55.4 Å². The molecule has 0 aliphatic heterocycles. The van der Waals surface area contributed by atoms with E-state index in [4.69, 9.17) is 21.1 Å². The van der Waals surface area contributed by atoms with Gasteiger partial charge >= 0.3 is 0 Å². The van der Waals surface area contributed by atoms with Crippen molar-refractivity contribution in [1.82, 2.24) is 14.6 Å². The van der Waals surface area contributed by atoms with Crippen molar-refractivity contribution in [3.05, 3.63) is 71.1 Å². The topological polar surface area (TPSA) is 77.8 Å². The molecule has 2 aromatic carbocycles. The normalized spacial score (nSPS) is 10.8. The number of amides is 1. The summed E-state index contributed by atoms with van der Waals surface area (Å²) in [6.45, 7) is 1.82. The fraction of sp³-hybridized carbons (Fsp3) is 0.136. The number of fused-ring (bicyclic) bond motifs is 1. The highest BCUT2D eigenvalue weighted by molar-refractivity contribution is 6.33. The summed E-state index contributed by atoms with van der Waals surface area (Å²) < 4.78 is 12.3. The number of carbonyl (C=O) groups is 1. The van der Waals surface area contributed by atoms with E-state index in [9.17, 15) is 4.79 Å². The summed E-state index contributed by atoms with van der Waals surface area (Å²) in [5, 5.41) is 7.72. The summed E-state index contributed by atoms with van der Waals surface area (Å²) >= 11 is 6.14. The van der Waals surface area contributed by atoms with Gasteiger partial charge in [-0.3, -0.25) is 4.79 Å². The lowest BCUT2D eigenvalue weighted by molar-refractivity contribution is 0.102. The van der Waals surface area contributed by atoms with E-state index in [0.29, 0.717) is 39.1 Å². The Kier molecular flexibility index (Phi) is 5.29. The Morgan fingerprint density at radius 3 is 2.57 bits per heavy atom. The molecule has 0 bridgehead atoms. The van der Waals surface area contributed by atoms with Gasteiger partial charge in [-0.2, -0.15) is 5.10 Å². The minimum absolute atomic E-state index is 0.307. The number of benzene rings is 2. The highest BCUT2D eigenvalue weighted by atomic mass is 35.5. The first kappa shape index (κ1) is 19.7. The fourth-order valence-corrected chi connectivity index (χ4v) is 3.41. The van der Waals surface area contributed by atoms with E-state index >= 15 is 0 Å². The number of methoxy groups -OCH3 is 2. The average Bonchev–Trinajstić information content (AvgIpc) is 3.20. The molecular formula is C22H19ClN4O3. The van der Waals surface area contributed by atoms with Crippen LogP contribution in [-0.2, 0) is 0 Å². The third kappa shape index (κ3) is 3.44. The van der Waals surface area contributed by atoms with Crippen LogP contribution in [0.25, 0.3) is 16.8 Å². The molecule has 2 heterocycles. The molecule has 0 spiro atoms. The molecule has 0 aliphatic carbocycles. The van der Waals surface area contributed by atoms with Gasteiger partial charge in [0.1, 0.15) is 0 Å². The molecule has 4 aromatic rings. The number of hydrogen-bond donors (Lipinski definition) is 1. The third-order valence-electron chi connectivity index (χ3n) is 4.83. The van der Waals surface area contributed by atoms with Crippen molar-refractivity contribution >= 4 is 28.8 Å². The third-order valence-corrected chi connectivity index (χ3v) is 5.16. The van der Waals surface area contributed by atoms with Crippen molar-refractivity contribution in [3.8, 4) is 22.6 Å². The predicted molar refractivity (Wildman–Crippen MR) is 116 cm³/mol. The van der Waals surface area contributed by atoms with E-state index in [1.807, 2.05) is 25.1 Å². The largest absolute Gasteiger partial charge is 0.493 e. The van der Waals surface area contributed by atoms with Gasteiger partial charge in [0.2, 0.25) is 0 Å². The number of nitrogens with zero attached hydrogens (tertiary/aromatic N) is 3. The van der Waals surface area contributed by atoms with Gasteiger partial charge in [-0.25, -0.2) is 9.50 Å². The van der Waals surface area contributed by atoms with Crippen molar-refractivity contribution in [1.29, 1.82) is 0 Å². The van der Waals surface area contributed by atoms with Crippen LogP contribution in [0, 0.1) is 6.92 Å². The minimum Gasteiger partial charge on any atom is -0.493 e. The molecule has 1 amide bonds. The molecule has 0 atom stereocenters. The highest BCUT2D eigenvalue weighted by Crippen LogP contribution is 2.34. The molecule has 2 aromatic heterocycles. The van der Waals surface area contributed by atoms with Gasteiger partial charge in [-0.05, 0) is 36.8 Å². The Labute approximate surface area is 178 Å². The van der Waals surface area contributed by atoms with Crippen molar-refractivity contribution in [2.75, 3.05) is 19.5 Å². The molecule has 7 nitrogen and oxygen atoms in total. The van der Waals surface area contributed by atoms with Gasteiger partial charge in [0.05, 0.1) is 42.4 Å². The zero-order valence-electron chi connectivity index (χ0n) is 16.6. The van der Waals surface area contributed by atoms with E-state index in [-0.39, 0.29) is 5.91 Å².